The minimum atomic E-state index is -1.23. The van der Waals surface area contributed by atoms with Gasteiger partial charge in [0.15, 0.2) is 11.6 Å². The quantitative estimate of drug-likeness (QED) is 0.722. The van der Waals surface area contributed by atoms with Crippen molar-refractivity contribution < 1.29 is 18.0 Å². The molecule has 8 heteroatoms. The van der Waals surface area contributed by atoms with Crippen molar-refractivity contribution >= 4 is 22.5 Å². The number of nitrogens with zero attached hydrogens (tertiary/aromatic N) is 1. The Morgan fingerprint density at radius 2 is 1.78 bits per heavy atom. The molecule has 0 saturated heterocycles. The first kappa shape index (κ1) is 18.5. The van der Waals surface area contributed by atoms with E-state index in [2.05, 4.69) is 10.3 Å². The van der Waals surface area contributed by atoms with Gasteiger partial charge in [-0.2, -0.15) is 0 Å². The van der Waals surface area contributed by atoms with Crippen LogP contribution in [-0.4, -0.2) is 23.0 Å². The molecule has 0 bridgehead atoms. The lowest BCUT2D eigenvalue weighted by Gasteiger charge is -2.26. The first-order chi connectivity index (χ1) is 12.8. The minimum absolute atomic E-state index is 0.214. The fraction of sp³-hybridized carbons (Fsp3) is 0.158. The highest BCUT2D eigenvalue weighted by Gasteiger charge is 2.22. The summed E-state index contributed by atoms with van der Waals surface area (Å²) in [7, 11) is 1.51. The number of aromatic amines is 1. The second-order valence-corrected chi connectivity index (χ2v) is 6.08. The highest BCUT2D eigenvalue weighted by Crippen LogP contribution is 2.27. The molecule has 3 rings (SSSR count). The predicted octanol–water partition coefficient (Wildman–Crippen LogP) is 4.17. The van der Waals surface area contributed by atoms with Crippen molar-refractivity contribution in [1.29, 1.82) is 0 Å². The van der Waals surface area contributed by atoms with Crippen molar-refractivity contribution in [2.24, 2.45) is 0 Å². The zero-order chi connectivity index (χ0) is 19.7. The highest BCUT2D eigenvalue weighted by atomic mass is 19.2. The normalized spacial score (nSPS) is 12.0. The van der Waals surface area contributed by atoms with Crippen LogP contribution in [0.5, 0.6) is 0 Å². The van der Waals surface area contributed by atoms with Crippen LogP contribution in [0.15, 0.2) is 47.4 Å². The summed E-state index contributed by atoms with van der Waals surface area (Å²) < 4.78 is 40.5. The minimum Gasteiger partial charge on any atom is -0.328 e. The maximum Gasteiger partial charge on any atom is 0.322 e. The van der Waals surface area contributed by atoms with Crippen molar-refractivity contribution in [2.75, 3.05) is 12.4 Å². The summed E-state index contributed by atoms with van der Waals surface area (Å²) in [5, 5.41) is 2.43. The van der Waals surface area contributed by atoms with Crippen LogP contribution in [0.2, 0.25) is 0 Å². The zero-order valence-electron chi connectivity index (χ0n) is 14.5. The summed E-state index contributed by atoms with van der Waals surface area (Å²) in [6.07, 6.45) is 1.37. The van der Waals surface area contributed by atoms with Gasteiger partial charge in [-0.1, -0.05) is 6.07 Å². The third kappa shape index (κ3) is 3.51. The Hall–Kier alpha value is -3.29. The molecule has 5 nitrogen and oxygen atoms in total. The molecule has 27 heavy (non-hydrogen) atoms. The molecule has 0 aliphatic rings. The number of pyridine rings is 1. The van der Waals surface area contributed by atoms with E-state index in [9.17, 15) is 22.8 Å². The molecule has 0 radical (unpaired) electrons. The van der Waals surface area contributed by atoms with E-state index in [4.69, 9.17) is 0 Å². The van der Waals surface area contributed by atoms with Crippen LogP contribution in [0, 0.1) is 17.5 Å². The topological polar surface area (TPSA) is 65.2 Å². The number of halogens is 3. The summed E-state index contributed by atoms with van der Waals surface area (Å²) >= 11 is 0. The lowest BCUT2D eigenvalue weighted by atomic mass is 10.0. The van der Waals surface area contributed by atoms with Gasteiger partial charge in [0.05, 0.1) is 11.4 Å². The largest absolute Gasteiger partial charge is 0.328 e. The monoisotopic (exact) mass is 375 g/mol. The van der Waals surface area contributed by atoms with Crippen molar-refractivity contribution in [3.05, 3.63) is 76.0 Å². The van der Waals surface area contributed by atoms with Gasteiger partial charge >= 0.3 is 6.03 Å². The van der Waals surface area contributed by atoms with Crippen molar-refractivity contribution in [1.82, 2.24) is 9.88 Å². The SMILES string of the molecule is C[C@H](c1c[nH]c(=O)c2c(F)c(F)ccc12)N(C)C(=O)Nc1ccc(F)cc1. The Morgan fingerprint density at radius 1 is 1.11 bits per heavy atom. The third-order valence-corrected chi connectivity index (χ3v) is 4.44. The highest BCUT2D eigenvalue weighted by molar-refractivity contribution is 5.90. The van der Waals surface area contributed by atoms with Crippen LogP contribution in [0.4, 0.5) is 23.7 Å². The van der Waals surface area contributed by atoms with Gasteiger partial charge in [0, 0.05) is 18.9 Å². The molecule has 140 valence electrons. The molecule has 0 aliphatic heterocycles. The van der Waals surface area contributed by atoms with Crippen LogP contribution in [-0.2, 0) is 0 Å². The van der Waals surface area contributed by atoms with E-state index < -0.39 is 40.5 Å². The molecule has 2 N–H and O–H groups in total. The van der Waals surface area contributed by atoms with E-state index in [0.717, 1.165) is 6.07 Å². The smallest absolute Gasteiger partial charge is 0.322 e. The maximum absolute atomic E-state index is 14.1. The van der Waals surface area contributed by atoms with E-state index in [1.807, 2.05) is 0 Å². The number of amides is 2. The molecular formula is C19H16F3N3O2. The number of hydrogen-bond donors (Lipinski definition) is 2. The fourth-order valence-electron chi connectivity index (χ4n) is 2.78. The Kier molecular flexibility index (Phi) is 4.89. The van der Waals surface area contributed by atoms with Crippen LogP contribution >= 0.6 is 0 Å². The Bertz CT molecular complexity index is 1060. The van der Waals surface area contributed by atoms with E-state index in [1.165, 1.54) is 48.5 Å². The summed E-state index contributed by atoms with van der Waals surface area (Å²) in [5.41, 5.74) is 0.0940. The van der Waals surface area contributed by atoms with Gasteiger partial charge in [0.1, 0.15) is 5.82 Å². The van der Waals surface area contributed by atoms with Gasteiger partial charge in [-0.05, 0) is 48.2 Å². The molecule has 0 saturated carbocycles. The second-order valence-electron chi connectivity index (χ2n) is 6.08. The number of urea groups is 1. The average molecular weight is 375 g/mol. The lowest BCUT2D eigenvalue weighted by molar-refractivity contribution is 0.208. The third-order valence-electron chi connectivity index (χ3n) is 4.44. The molecule has 0 aliphatic carbocycles. The van der Waals surface area contributed by atoms with Crippen molar-refractivity contribution in [3.63, 3.8) is 0 Å². The van der Waals surface area contributed by atoms with E-state index in [0.29, 0.717) is 11.3 Å². The van der Waals surface area contributed by atoms with E-state index in [-0.39, 0.29) is 5.39 Å². The van der Waals surface area contributed by atoms with Gasteiger partial charge < -0.3 is 15.2 Å². The fourth-order valence-corrected chi connectivity index (χ4v) is 2.78. The van der Waals surface area contributed by atoms with Gasteiger partial charge in [0.25, 0.3) is 5.56 Å². The van der Waals surface area contributed by atoms with Gasteiger partial charge in [-0.25, -0.2) is 18.0 Å². The van der Waals surface area contributed by atoms with Gasteiger partial charge in [-0.3, -0.25) is 4.79 Å². The summed E-state index contributed by atoms with van der Waals surface area (Å²) in [6.45, 7) is 1.68. The summed E-state index contributed by atoms with van der Waals surface area (Å²) in [6, 6.07) is 6.44. The van der Waals surface area contributed by atoms with E-state index >= 15 is 0 Å². The average Bonchev–Trinajstić information content (AvgIpc) is 2.65. The van der Waals surface area contributed by atoms with Crippen molar-refractivity contribution in [3.8, 4) is 0 Å². The van der Waals surface area contributed by atoms with Crippen LogP contribution in [0.3, 0.4) is 0 Å². The number of fused-ring (bicyclic) bond motifs is 1. The standard InChI is InChI=1S/C19H16F3N3O2/c1-10(25(2)19(27)24-12-5-3-11(20)4-6-12)14-9-23-18(26)16-13(14)7-8-15(21)17(16)22/h3-10H,1-2H3,(H,23,26)(H,24,27)/t10-/m1/s1. The molecular weight excluding hydrogens is 359 g/mol. The number of H-pyrrole nitrogens is 1. The first-order valence-electron chi connectivity index (χ1n) is 8.08. The van der Waals surface area contributed by atoms with Crippen LogP contribution < -0.4 is 10.9 Å². The van der Waals surface area contributed by atoms with Crippen molar-refractivity contribution in [2.45, 2.75) is 13.0 Å². The number of carbonyl (C=O) groups excluding carboxylic acids is 1. The van der Waals surface area contributed by atoms with Gasteiger partial charge in [-0.15, -0.1) is 0 Å². The summed E-state index contributed by atoms with van der Waals surface area (Å²) in [5.74, 6) is -2.79. The molecule has 0 unspecified atom stereocenters. The molecule has 1 aromatic heterocycles. The molecule has 0 fully saturated rings. The Labute approximate surface area is 152 Å². The number of carbonyl (C=O) groups is 1. The first-order valence-corrected chi connectivity index (χ1v) is 8.08. The summed E-state index contributed by atoms with van der Waals surface area (Å²) in [4.78, 5) is 28.1. The molecule has 1 heterocycles. The number of aromatic nitrogens is 1. The zero-order valence-corrected chi connectivity index (χ0v) is 14.5. The number of hydrogen-bond acceptors (Lipinski definition) is 2. The van der Waals surface area contributed by atoms with Crippen LogP contribution in [0.1, 0.15) is 18.5 Å². The van der Waals surface area contributed by atoms with Crippen LogP contribution in [0.25, 0.3) is 10.8 Å². The molecule has 2 amide bonds. The number of rotatable bonds is 3. The maximum atomic E-state index is 14.1. The number of benzene rings is 2. The Balaban J connectivity index is 1.93. The Morgan fingerprint density at radius 3 is 2.44 bits per heavy atom. The van der Waals surface area contributed by atoms with E-state index in [1.54, 1.807) is 6.92 Å². The number of nitrogens with one attached hydrogen (secondary N) is 2. The lowest BCUT2D eigenvalue weighted by Crippen LogP contribution is -2.34. The number of anilines is 1. The molecule has 3 aromatic rings. The molecule has 0 spiro atoms. The molecule has 2 aromatic carbocycles. The second kappa shape index (κ2) is 7.14. The molecule has 1 atom stereocenters. The predicted molar refractivity (Wildman–Crippen MR) is 96.1 cm³/mol. The van der Waals surface area contributed by atoms with Gasteiger partial charge in [0.2, 0.25) is 0 Å².